The molecule has 2 aliphatic carbocycles. The van der Waals surface area contributed by atoms with Crippen LogP contribution in [0.4, 0.5) is 0 Å². The number of ether oxygens (including phenoxy) is 4. The van der Waals surface area contributed by atoms with E-state index >= 15 is 0 Å². The Kier molecular flexibility index (Phi) is 21.5. The Hall–Kier alpha value is -2.95. The normalized spacial score (nSPS) is 22.0. The van der Waals surface area contributed by atoms with E-state index in [0.717, 1.165) is 0 Å². The minimum Gasteiger partial charge on any atom is -0.495 e. The molecule has 2 unspecified atom stereocenters. The first-order valence-electron chi connectivity index (χ1n) is 21.9. The summed E-state index contributed by atoms with van der Waals surface area (Å²) in [5, 5.41) is 47.6. The van der Waals surface area contributed by atoms with Crippen molar-refractivity contribution in [3.63, 3.8) is 0 Å². The molecule has 0 fully saturated rings. The van der Waals surface area contributed by atoms with Gasteiger partial charge in [0.2, 0.25) is 5.91 Å². The standard InChI is InChI=1S/C44H44Br8N6O16S/c1-69-35-25(49)15-43(37(59)31(35)51)17-29(56-73-43)39(61)53-5-3-7-71-33-21(45)9-19(10-22(33)46)13-27(58-75(66,67)68)41(63)55-28(42(64)65)14-20-11-23(47)34(24(48)12-20)72-8-4-6-54-40(62)30-18-44(74-57-30)16-26(50)36(70-2)32(52)38(44)60/h9-12,15-16,27-28,37-38,58-60H,3-8,13-14,17-18H2,1-2H3,(H,53,61)(H,54,62)(H,55,63)(H,64,65)(H,66,67,68)/t27?,28?,37-,38+,43+,44-/m1/s1. The Balaban J connectivity index is 0.969. The zero-order valence-corrected chi connectivity index (χ0v) is 52.4. The van der Waals surface area contributed by atoms with Crippen molar-refractivity contribution in [1.82, 2.24) is 20.7 Å². The number of methoxy groups -OCH3 is 2. The van der Waals surface area contributed by atoms with Gasteiger partial charge in [-0.2, -0.15) is 13.1 Å². The summed E-state index contributed by atoms with van der Waals surface area (Å²) in [5.74, 6) is -2.00. The molecule has 2 aliphatic heterocycles. The van der Waals surface area contributed by atoms with Gasteiger partial charge in [0.05, 0.1) is 63.3 Å². The van der Waals surface area contributed by atoms with Crippen molar-refractivity contribution >= 4 is 173 Å². The number of aliphatic carboxylic acids is 1. The molecule has 2 aromatic carbocycles. The summed E-state index contributed by atoms with van der Waals surface area (Å²) in [4.78, 5) is 63.0. The van der Waals surface area contributed by atoms with Crippen molar-refractivity contribution in [2.24, 2.45) is 10.3 Å². The van der Waals surface area contributed by atoms with Crippen LogP contribution < -0.4 is 30.1 Å². The number of nitrogens with zero attached hydrogens (tertiary/aromatic N) is 2. The maximum absolute atomic E-state index is 13.6. The van der Waals surface area contributed by atoms with E-state index in [9.17, 15) is 47.5 Å². The van der Waals surface area contributed by atoms with E-state index in [1.165, 1.54) is 14.2 Å². The molecule has 0 saturated heterocycles. The topological polar surface area (TPSA) is 312 Å². The number of rotatable bonds is 23. The quantitative estimate of drug-likeness (QED) is 0.0437. The number of carboxylic acids is 1. The third kappa shape index (κ3) is 15.0. The number of hydrogen-bond acceptors (Lipinski definition) is 16. The fourth-order valence-electron chi connectivity index (χ4n) is 7.79. The highest BCUT2D eigenvalue weighted by molar-refractivity contribution is 9.13. The molecule has 2 aromatic rings. The third-order valence-electron chi connectivity index (χ3n) is 11.4. The van der Waals surface area contributed by atoms with Crippen LogP contribution in [0.1, 0.15) is 36.8 Å². The molecule has 6 atom stereocenters. The highest BCUT2D eigenvalue weighted by Crippen LogP contribution is 2.46. The molecule has 6 rings (SSSR count). The number of hydrogen-bond donors (Lipinski definition) is 8. The van der Waals surface area contributed by atoms with Crippen molar-refractivity contribution < 1.29 is 76.1 Å². The number of aliphatic hydroxyl groups is 2. The van der Waals surface area contributed by atoms with Crippen LogP contribution in [0.3, 0.4) is 0 Å². The molecule has 22 nitrogen and oxygen atoms in total. The number of carbonyl (C=O) groups is 4. The van der Waals surface area contributed by atoms with Gasteiger partial charge in [-0.25, -0.2) is 4.79 Å². The number of amides is 3. The van der Waals surface area contributed by atoms with Gasteiger partial charge in [-0.15, -0.1) is 0 Å². The maximum atomic E-state index is 13.6. The zero-order valence-electron chi connectivity index (χ0n) is 38.9. The lowest BCUT2D eigenvalue weighted by Gasteiger charge is -2.33. The van der Waals surface area contributed by atoms with Crippen molar-refractivity contribution in [1.29, 1.82) is 0 Å². The largest absolute Gasteiger partial charge is 0.495 e. The highest BCUT2D eigenvalue weighted by atomic mass is 79.9. The van der Waals surface area contributed by atoms with E-state index in [-0.39, 0.29) is 63.4 Å². The molecule has 2 spiro atoms. The van der Waals surface area contributed by atoms with Gasteiger partial charge >= 0.3 is 16.3 Å². The predicted molar refractivity (Wildman–Crippen MR) is 299 cm³/mol. The van der Waals surface area contributed by atoms with Crippen LogP contribution in [0.15, 0.2) is 94.1 Å². The number of oxime groups is 2. The third-order valence-corrected chi connectivity index (χ3v) is 17.1. The van der Waals surface area contributed by atoms with E-state index in [1.807, 2.05) is 4.72 Å². The van der Waals surface area contributed by atoms with Crippen molar-refractivity contribution in [2.45, 2.75) is 74.0 Å². The van der Waals surface area contributed by atoms with E-state index in [4.69, 9.17) is 28.6 Å². The van der Waals surface area contributed by atoms with Crippen molar-refractivity contribution in [3.8, 4) is 11.5 Å². The van der Waals surface area contributed by atoms with Gasteiger partial charge in [-0.05, 0) is 194 Å². The van der Waals surface area contributed by atoms with Crippen LogP contribution in [-0.2, 0) is 61.5 Å². The Bertz CT molecular complexity index is 2880. The molecule has 4 aliphatic rings. The minimum absolute atomic E-state index is 0.00773. The lowest BCUT2D eigenvalue weighted by molar-refractivity contribution is -0.142. The van der Waals surface area contributed by atoms with Gasteiger partial charge in [-0.3, -0.25) is 18.9 Å². The van der Waals surface area contributed by atoms with Gasteiger partial charge in [0.15, 0.2) is 11.2 Å². The molecular formula is C44H44Br8N6O16S. The molecule has 408 valence electrons. The first-order chi connectivity index (χ1) is 35.3. The monoisotopic (exact) mass is 1580 g/mol. The SMILES string of the molecule is COC1=C(Br)[C@@H](O)[C@]2(C=C1Br)CC(C(=O)NCCCOc1c(Br)cc(CC(NS(=O)(=O)O)C(=O)NC(Cc3cc(Br)c(OCCCNC(=O)C4=NO[C@]5(C=C(Br)C(OC)=C(Br)[C@@H]5O)C4)c(Br)c3)C(=O)O)cc1Br)=NO2. The molecule has 0 aromatic heterocycles. The van der Waals surface area contributed by atoms with Crippen molar-refractivity contribution in [2.75, 3.05) is 40.5 Å². The molecule has 0 bridgehead atoms. The number of carbonyl (C=O) groups excluding carboxylic acids is 3. The van der Waals surface area contributed by atoms with Crippen LogP contribution in [0.2, 0.25) is 0 Å². The summed E-state index contributed by atoms with van der Waals surface area (Å²) in [5.41, 5.74) is -1.67. The smallest absolute Gasteiger partial charge is 0.334 e. The van der Waals surface area contributed by atoms with Crippen LogP contribution >= 0.6 is 127 Å². The number of benzene rings is 2. The number of carboxylic acid groups (broad SMARTS) is 1. The van der Waals surface area contributed by atoms with Crippen LogP contribution in [0, 0.1) is 0 Å². The second kappa shape index (κ2) is 26.3. The first kappa shape index (κ1) is 61.3. The number of aliphatic hydroxyl groups excluding tert-OH is 2. The van der Waals surface area contributed by atoms with Crippen molar-refractivity contribution in [3.05, 3.63) is 94.9 Å². The summed E-state index contributed by atoms with van der Waals surface area (Å²) in [7, 11) is -2.08. The van der Waals surface area contributed by atoms with Crippen LogP contribution in [0.25, 0.3) is 0 Å². The minimum atomic E-state index is -4.98. The maximum Gasteiger partial charge on any atom is 0.334 e. The number of allylic oxidation sites excluding steroid dienone is 2. The van der Waals surface area contributed by atoms with E-state index < -0.39 is 69.5 Å². The Morgan fingerprint density at radius 1 is 0.693 bits per heavy atom. The predicted octanol–water partition coefficient (Wildman–Crippen LogP) is 6.47. The first-order valence-corrected chi connectivity index (χ1v) is 29.7. The lowest BCUT2D eigenvalue weighted by atomic mass is 9.87. The fraction of sp³-hybridized carbons (Fsp3) is 0.409. The Morgan fingerprint density at radius 3 is 1.44 bits per heavy atom. The van der Waals surface area contributed by atoms with Gasteiger partial charge in [0.1, 0.15) is 58.7 Å². The Morgan fingerprint density at radius 2 is 1.08 bits per heavy atom. The van der Waals surface area contributed by atoms with Gasteiger partial charge in [0.25, 0.3) is 11.8 Å². The summed E-state index contributed by atoms with van der Waals surface area (Å²) in [6, 6.07) is 3.03. The Labute approximate surface area is 496 Å². The summed E-state index contributed by atoms with van der Waals surface area (Å²) in [6.45, 7) is 0.644. The number of nitrogens with one attached hydrogen (secondary N) is 4. The summed E-state index contributed by atoms with van der Waals surface area (Å²) in [6.07, 6.45) is 0.899. The van der Waals surface area contributed by atoms with E-state index in [0.29, 0.717) is 82.8 Å². The second-order valence-corrected chi connectivity index (χ2v) is 24.7. The molecule has 75 heavy (non-hydrogen) atoms. The number of halogens is 8. The van der Waals surface area contributed by atoms with E-state index in [1.54, 1.807) is 36.4 Å². The average Bonchev–Trinajstić information content (AvgIpc) is 3.96. The zero-order chi connectivity index (χ0) is 55.2. The fourth-order valence-corrected chi connectivity index (χ4v) is 14.9. The molecule has 3 amide bonds. The average molecular weight is 1580 g/mol. The highest BCUT2D eigenvalue weighted by Gasteiger charge is 2.52. The van der Waals surface area contributed by atoms with E-state index in [2.05, 4.69) is 154 Å². The lowest BCUT2D eigenvalue weighted by Crippen LogP contribution is -2.52. The summed E-state index contributed by atoms with van der Waals surface area (Å²) < 4.78 is 61.5. The van der Waals surface area contributed by atoms with Gasteiger partial charge in [0, 0.05) is 32.4 Å². The van der Waals surface area contributed by atoms with Crippen LogP contribution in [0.5, 0.6) is 11.5 Å². The molecule has 2 heterocycles. The molecular weight excluding hydrogens is 1540 g/mol. The molecule has 8 N–H and O–H groups in total. The molecule has 0 radical (unpaired) electrons. The second-order valence-electron chi connectivity index (χ2n) is 16.7. The molecule has 31 heteroatoms. The van der Waals surface area contributed by atoms with Gasteiger partial charge in [-0.1, -0.05) is 10.3 Å². The summed E-state index contributed by atoms with van der Waals surface area (Å²) >= 11 is 27.2. The van der Waals surface area contributed by atoms with Crippen LogP contribution in [-0.4, -0.2) is 139 Å². The van der Waals surface area contributed by atoms with Gasteiger partial charge < -0.3 is 59.9 Å². The molecule has 0 saturated carbocycles.